The molecule has 2 N–H and O–H groups in total. The first-order valence-electron chi connectivity index (χ1n) is 8.69. The third kappa shape index (κ3) is 4.32. The van der Waals surface area contributed by atoms with Crippen molar-refractivity contribution in [2.24, 2.45) is 0 Å². The van der Waals surface area contributed by atoms with Gasteiger partial charge in [-0.05, 0) is 36.2 Å². The zero-order chi connectivity index (χ0) is 19.3. The van der Waals surface area contributed by atoms with Gasteiger partial charge in [-0.25, -0.2) is 9.97 Å². The molecule has 0 fully saturated rings. The SMILES string of the molecule is O=C(Nc1ccc2c(c1)OCO2)c1cnc(NCCc2cccc(Cl)c2)nc1. The summed E-state index contributed by atoms with van der Waals surface area (Å²) >= 11 is 5.98. The molecule has 28 heavy (non-hydrogen) atoms. The maximum atomic E-state index is 12.4. The standard InChI is InChI=1S/C20H17ClN4O3/c21-15-3-1-2-13(8-15)6-7-22-20-23-10-14(11-24-20)19(26)25-16-4-5-17-18(9-16)28-12-27-17/h1-5,8-11H,6-7,12H2,(H,25,26)(H,22,23,24). The van der Waals surface area contributed by atoms with E-state index in [9.17, 15) is 4.79 Å². The fourth-order valence-corrected chi connectivity index (χ4v) is 2.94. The molecule has 4 rings (SSSR count). The van der Waals surface area contributed by atoms with Crippen molar-refractivity contribution in [1.29, 1.82) is 0 Å². The maximum Gasteiger partial charge on any atom is 0.258 e. The molecule has 0 saturated heterocycles. The number of amides is 1. The van der Waals surface area contributed by atoms with Crippen LogP contribution in [0.4, 0.5) is 11.6 Å². The Kier molecular flexibility index (Phi) is 5.25. The molecular weight excluding hydrogens is 380 g/mol. The monoisotopic (exact) mass is 396 g/mol. The van der Waals surface area contributed by atoms with Crippen LogP contribution in [-0.2, 0) is 6.42 Å². The van der Waals surface area contributed by atoms with Crippen molar-refractivity contribution >= 4 is 29.1 Å². The van der Waals surface area contributed by atoms with E-state index in [1.165, 1.54) is 12.4 Å². The molecule has 0 aliphatic carbocycles. The van der Waals surface area contributed by atoms with E-state index in [2.05, 4.69) is 20.6 Å². The van der Waals surface area contributed by atoms with E-state index in [0.717, 1.165) is 12.0 Å². The number of rotatable bonds is 6. The summed E-state index contributed by atoms with van der Waals surface area (Å²) in [4.78, 5) is 20.7. The van der Waals surface area contributed by atoms with Gasteiger partial charge in [-0.1, -0.05) is 23.7 Å². The van der Waals surface area contributed by atoms with E-state index in [0.29, 0.717) is 40.3 Å². The van der Waals surface area contributed by atoms with Crippen LogP contribution in [0.2, 0.25) is 5.02 Å². The highest BCUT2D eigenvalue weighted by molar-refractivity contribution is 6.30. The van der Waals surface area contributed by atoms with Crippen LogP contribution in [0.3, 0.4) is 0 Å². The van der Waals surface area contributed by atoms with Crippen molar-refractivity contribution in [2.45, 2.75) is 6.42 Å². The Morgan fingerprint density at radius 1 is 1.07 bits per heavy atom. The third-order valence-electron chi connectivity index (χ3n) is 4.13. The number of benzene rings is 2. The van der Waals surface area contributed by atoms with Crippen molar-refractivity contribution in [3.05, 3.63) is 71.0 Å². The number of aromatic nitrogens is 2. The largest absolute Gasteiger partial charge is 0.454 e. The molecule has 142 valence electrons. The smallest absolute Gasteiger partial charge is 0.258 e. The predicted molar refractivity (Wildman–Crippen MR) is 106 cm³/mol. The van der Waals surface area contributed by atoms with E-state index >= 15 is 0 Å². The molecule has 0 unspecified atom stereocenters. The third-order valence-corrected chi connectivity index (χ3v) is 4.37. The molecule has 1 amide bonds. The summed E-state index contributed by atoms with van der Waals surface area (Å²) < 4.78 is 10.6. The minimum Gasteiger partial charge on any atom is -0.454 e. The van der Waals surface area contributed by atoms with Crippen LogP contribution in [0, 0.1) is 0 Å². The Bertz CT molecular complexity index is 995. The quantitative estimate of drug-likeness (QED) is 0.659. The Hall–Kier alpha value is -3.32. The average Bonchev–Trinajstić information content (AvgIpc) is 3.16. The van der Waals surface area contributed by atoms with Crippen molar-refractivity contribution in [2.75, 3.05) is 24.0 Å². The lowest BCUT2D eigenvalue weighted by molar-refractivity contribution is 0.102. The summed E-state index contributed by atoms with van der Waals surface area (Å²) in [5.41, 5.74) is 2.09. The highest BCUT2D eigenvalue weighted by Crippen LogP contribution is 2.34. The topological polar surface area (TPSA) is 85.4 Å². The normalized spacial score (nSPS) is 11.9. The number of carbonyl (C=O) groups is 1. The van der Waals surface area contributed by atoms with Gasteiger partial charge in [0, 0.05) is 35.7 Å². The lowest BCUT2D eigenvalue weighted by atomic mass is 10.1. The number of halogens is 1. The van der Waals surface area contributed by atoms with Crippen molar-refractivity contribution < 1.29 is 14.3 Å². The molecular formula is C20H17ClN4O3. The van der Waals surface area contributed by atoms with Gasteiger partial charge in [0.1, 0.15) is 0 Å². The van der Waals surface area contributed by atoms with Gasteiger partial charge in [0.05, 0.1) is 5.56 Å². The second-order valence-corrected chi connectivity index (χ2v) is 6.56. The van der Waals surface area contributed by atoms with Crippen LogP contribution in [0.5, 0.6) is 11.5 Å². The second kappa shape index (κ2) is 8.14. The van der Waals surface area contributed by atoms with Gasteiger partial charge in [-0.3, -0.25) is 4.79 Å². The number of hydrogen-bond acceptors (Lipinski definition) is 6. The fourth-order valence-electron chi connectivity index (χ4n) is 2.73. The van der Waals surface area contributed by atoms with Crippen LogP contribution >= 0.6 is 11.6 Å². The van der Waals surface area contributed by atoms with Crippen molar-refractivity contribution in [1.82, 2.24) is 9.97 Å². The Labute approximate surface area is 166 Å². The van der Waals surface area contributed by atoms with Crippen LogP contribution in [0.1, 0.15) is 15.9 Å². The molecule has 0 saturated carbocycles. The predicted octanol–water partition coefficient (Wildman–Crippen LogP) is 3.77. The van der Waals surface area contributed by atoms with E-state index in [1.54, 1.807) is 18.2 Å². The minimum absolute atomic E-state index is 0.187. The van der Waals surface area contributed by atoms with E-state index < -0.39 is 0 Å². The number of hydrogen-bond donors (Lipinski definition) is 2. The Morgan fingerprint density at radius 3 is 2.71 bits per heavy atom. The van der Waals surface area contributed by atoms with E-state index in [1.807, 2.05) is 24.3 Å². The van der Waals surface area contributed by atoms with Gasteiger partial charge in [0.25, 0.3) is 5.91 Å². The van der Waals surface area contributed by atoms with Crippen LogP contribution in [0.25, 0.3) is 0 Å². The van der Waals surface area contributed by atoms with Gasteiger partial charge in [0.15, 0.2) is 11.5 Å². The number of ether oxygens (including phenoxy) is 2. The summed E-state index contributed by atoms with van der Waals surface area (Å²) in [6, 6.07) is 12.9. The molecule has 0 radical (unpaired) electrons. The number of anilines is 2. The van der Waals surface area contributed by atoms with Gasteiger partial charge < -0.3 is 20.1 Å². The maximum absolute atomic E-state index is 12.4. The molecule has 1 aromatic heterocycles. The number of carbonyl (C=O) groups excluding carboxylic acids is 1. The highest BCUT2D eigenvalue weighted by atomic mass is 35.5. The molecule has 0 spiro atoms. The molecule has 1 aliphatic heterocycles. The van der Waals surface area contributed by atoms with Gasteiger partial charge in [-0.2, -0.15) is 0 Å². The van der Waals surface area contributed by atoms with E-state index in [4.69, 9.17) is 21.1 Å². The highest BCUT2D eigenvalue weighted by Gasteiger charge is 2.15. The van der Waals surface area contributed by atoms with Gasteiger partial charge in [0.2, 0.25) is 12.7 Å². The zero-order valence-corrected chi connectivity index (χ0v) is 15.6. The minimum atomic E-state index is -0.302. The lowest BCUT2D eigenvalue weighted by Crippen LogP contribution is -2.14. The summed E-state index contributed by atoms with van der Waals surface area (Å²) in [7, 11) is 0. The summed E-state index contributed by atoms with van der Waals surface area (Å²) in [6.45, 7) is 0.843. The number of nitrogens with zero attached hydrogens (tertiary/aromatic N) is 2. The molecule has 8 heteroatoms. The van der Waals surface area contributed by atoms with Crippen molar-refractivity contribution in [3.63, 3.8) is 0 Å². The van der Waals surface area contributed by atoms with Crippen LogP contribution in [0.15, 0.2) is 54.9 Å². The average molecular weight is 397 g/mol. The van der Waals surface area contributed by atoms with Gasteiger partial charge >= 0.3 is 0 Å². The number of fused-ring (bicyclic) bond motifs is 1. The molecule has 3 aromatic rings. The first-order valence-corrected chi connectivity index (χ1v) is 9.06. The van der Waals surface area contributed by atoms with Crippen LogP contribution < -0.4 is 20.1 Å². The Balaban J connectivity index is 1.31. The summed E-state index contributed by atoms with van der Waals surface area (Å²) in [6.07, 6.45) is 3.75. The molecule has 0 atom stereocenters. The molecule has 0 bridgehead atoms. The molecule has 1 aliphatic rings. The zero-order valence-electron chi connectivity index (χ0n) is 14.8. The summed E-state index contributed by atoms with van der Waals surface area (Å²) in [5, 5.41) is 6.63. The first kappa shape index (κ1) is 18.1. The molecule has 2 heterocycles. The second-order valence-electron chi connectivity index (χ2n) is 6.12. The van der Waals surface area contributed by atoms with Crippen molar-refractivity contribution in [3.8, 4) is 11.5 Å². The molecule has 2 aromatic carbocycles. The molecule has 7 nitrogen and oxygen atoms in total. The number of nitrogens with one attached hydrogen (secondary N) is 2. The fraction of sp³-hybridized carbons (Fsp3) is 0.150. The van der Waals surface area contributed by atoms with Crippen LogP contribution in [-0.4, -0.2) is 29.2 Å². The van der Waals surface area contributed by atoms with E-state index in [-0.39, 0.29) is 12.7 Å². The first-order chi connectivity index (χ1) is 13.7. The lowest BCUT2D eigenvalue weighted by Gasteiger charge is -2.07. The Morgan fingerprint density at radius 2 is 1.89 bits per heavy atom. The van der Waals surface area contributed by atoms with Gasteiger partial charge in [-0.15, -0.1) is 0 Å². The summed E-state index contributed by atoms with van der Waals surface area (Å²) in [5.74, 6) is 1.42.